The van der Waals surface area contributed by atoms with Crippen molar-refractivity contribution in [3.8, 4) is 11.8 Å². The first-order valence-corrected chi connectivity index (χ1v) is 4.63. The molecule has 1 heterocycles. The molecule has 0 fully saturated rings. The lowest BCUT2D eigenvalue weighted by atomic mass is 10.0. The normalized spacial score (nSPS) is 10.2. The van der Waals surface area contributed by atoms with Gasteiger partial charge in [0, 0.05) is 11.1 Å². The average molecular weight is 198 g/mol. The number of nitriles is 1. The standard InChI is InChI=1S/C12H10N2O/c1-7-5-8(2)14-12-10(15)4-3-9(6-13)11(7)12/h3-5,15H,1-2H3. The van der Waals surface area contributed by atoms with Crippen molar-refractivity contribution < 1.29 is 5.11 Å². The topological polar surface area (TPSA) is 56.9 Å². The zero-order valence-electron chi connectivity index (χ0n) is 8.57. The van der Waals surface area contributed by atoms with Crippen molar-refractivity contribution in [3.05, 3.63) is 35.0 Å². The molecule has 0 bridgehead atoms. The molecule has 1 aromatic heterocycles. The summed E-state index contributed by atoms with van der Waals surface area (Å²) < 4.78 is 0. The minimum absolute atomic E-state index is 0.121. The van der Waals surface area contributed by atoms with E-state index in [0.29, 0.717) is 11.1 Å². The van der Waals surface area contributed by atoms with E-state index in [1.54, 1.807) is 6.07 Å². The molecule has 0 saturated carbocycles. The van der Waals surface area contributed by atoms with E-state index in [1.165, 1.54) is 6.07 Å². The number of pyridine rings is 1. The number of phenols is 1. The maximum absolute atomic E-state index is 9.67. The van der Waals surface area contributed by atoms with Gasteiger partial charge in [0.25, 0.3) is 0 Å². The van der Waals surface area contributed by atoms with Gasteiger partial charge in [-0.1, -0.05) is 0 Å². The Kier molecular flexibility index (Phi) is 2.05. The third-order valence-electron chi connectivity index (χ3n) is 2.38. The molecule has 0 unspecified atom stereocenters. The van der Waals surface area contributed by atoms with Gasteiger partial charge in [-0.3, -0.25) is 0 Å². The second-order valence-corrected chi connectivity index (χ2v) is 3.55. The van der Waals surface area contributed by atoms with Gasteiger partial charge in [-0.2, -0.15) is 5.26 Å². The number of benzene rings is 1. The molecule has 0 atom stereocenters. The highest BCUT2D eigenvalue weighted by Gasteiger charge is 2.09. The fourth-order valence-corrected chi connectivity index (χ4v) is 1.78. The second-order valence-electron chi connectivity index (χ2n) is 3.55. The van der Waals surface area contributed by atoms with Crippen LogP contribution in [0.1, 0.15) is 16.8 Å². The minimum Gasteiger partial charge on any atom is -0.506 e. The van der Waals surface area contributed by atoms with Crippen LogP contribution in [-0.4, -0.2) is 10.1 Å². The van der Waals surface area contributed by atoms with E-state index >= 15 is 0 Å². The Hall–Kier alpha value is -2.08. The summed E-state index contributed by atoms with van der Waals surface area (Å²) in [6.45, 7) is 3.78. The molecule has 0 aliphatic carbocycles. The first-order valence-electron chi connectivity index (χ1n) is 4.63. The van der Waals surface area contributed by atoms with Crippen LogP contribution in [0.4, 0.5) is 0 Å². The number of fused-ring (bicyclic) bond motifs is 1. The number of hydrogen-bond donors (Lipinski definition) is 1. The quantitative estimate of drug-likeness (QED) is 0.707. The smallest absolute Gasteiger partial charge is 0.141 e. The lowest BCUT2D eigenvalue weighted by molar-refractivity contribution is 0.480. The van der Waals surface area contributed by atoms with Gasteiger partial charge in [-0.05, 0) is 37.6 Å². The van der Waals surface area contributed by atoms with Gasteiger partial charge in [-0.15, -0.1) is 0 Å². The number of aromatic nitrogens is 1. The van der Waals surface area contributed by atoms with Crippen LogP contribution in [0.25, 0.3) is 10.9 Å². The minimum atomic E-state index is 0.121. The Balaban J connectivity index is 3.02. The summed E-state index contributed by atoms with van der Waals surface area (Å²) in [5.41, 5.74) is 2.86. The molecule has 0 amide bonds. The van der Waals surface area contributed by atoms with E-state index in [1.807, 2.05) is 19.9 Å². The molecule has 74 valence electrons. The molecule has 0 aliphatic heterocycles. The molecule has 3 nitrogen and oxygen atoms in total. The van der Waals surface area contributed by atoms with E-state index < -0.39 is 0 Å². The summed E-state index contributed by atoms with van der Waals surface area (Å²) in [6, 6.07) is 7.13. The lowest BCUT2D eigenvalue weighted by Crippen LogP contribution is -1.90. The SMILES string of the molecule is Cc1cc(C)c2c(C#N)ccc(O)c2n1. The molecule has 1 aromatic carbocycles. The van der Waals surface area contributed by atoms with E-state index in [2.05, 4.69) is 11.1 Å². The van der Waals surface area contributed by atoms with E-state index in [-0.39, 0.29) is 5.75 Å². The molecule has 2 rings (SSSR count). The highest BCUT2D eigenvalue weighted by molar-refractivity contribution is 5.92. The van der Waals surface area contributed by atoms with Crippen LogP contribution >= 0.6 is 0 Å². The van der Waals surface area contributed by atoms with Crippen LogP contribution in [0.2, 0.25) is 0 Å². The molecule has 0 saturated heterocycles. The molecular formula is C12H10N2O. The number of aromatic hydroxyl groups is 1. The van der Waals surface area contributed by atoms with Crippen molar-refractivity contribution in [2.45, 2.75) is 13.8 Å². The largest absolute Gasteiger partial charge is 0.506 e. The summed E-state index contributed by atoms with van der Waals surface area (Å²) >= 11 is 0. The summed E-state index contributed by atoms with van der Waals surface area (Å²) in [5, 5.41) is 19.4. The summed E-state index contributed by atoms with van der Waals surface area (Å²) in [7, 11) is 0. The van der Waals surface area contributed by atoms with Crippen LogP contribution < -0.4 is 0 Å². The molecule has 15 heavy (non-hydrogen) atoms. The zero-order valence-corrected chi connectivity index (χ0v) is 8.57. The van der Waals surface area contributed by atoms with Gasteiger partial charge in [0.1, 0.15) is 11.3 Å². The fraction of sp³-hybridized carbons (Fsp3) is 0.167. The third kappa shape index (κ3) is 1.40. The predicted octanol–water partition coefficient (Wildman–Crippen LogP) is 2.43. The molecule has 3 heteroatoms. The maximum atomic E-state index is 9.67. The summed E-state index contributed by atoms with van der Waals surface area (Å²) in [4.78, 5) is 4.24. The highest BCUT2D eigenvalue weighted by Crippen LogP contribution is 2.28. The molecule has 0 aliphatic rings. The first kappa shape index (κ1) is 9.47. The second kappa shape index (κ2) is 3.25. The number of phenolic OH excluding ortho intramolecular Hbond substituents is 1. The Morgan fingerprint density at radius 3 is 2.73 bits per heavy atom. The average Bonchev–Trinajstić information content (AvgIpc) is 2.19. The van der Waals surface area contributed by atoms with Crippen molar-refractivity contribution in [1.29, 1.82) is 5.26 Å². The van der Waals surface area contributed by atoms with E-state index in [9.17, 15) is 5.11 Å². The lowest BCUT2D eigenvalue weighted by Gasteiger charge is -2.06. The van der Waals surface area contributed by atoms with Gasteiger partial charge in [0.2, 0.25) is 0 Å². The zero-order chi connectivity index (χ0) is 11.0. The molecule has 1 N–H and O–H groups in total. The Morgan fingerprint density at radius 2 is 2.07 bits per heavy atom. The van der Waals surface area contributed by atoms with Crippen molar-refractivity contribution in [1.82, 2.24) is 4.98 Å². The Bertz CT molecular complexity index is 582. The van der Waals surface area contributed by atoms with Crippen LogP contribution in [-0.2, 0) is 0 Å². The van der Waals surface area contributed by atoms with Gasteiger partial charge < -0.3 is 5.11 Å². The predicted molar refractivity (Wildman–Crippen MR) is 57.6 cm³/mol. The number of nitrogens with zero attached hydrogens (tertiary/aromatic N) is 2. The van der Waals surface area contributed by atoms with Crippen molar-refractivity contribution >= 4 is 10.9 Å². The monoisotopic (exact) mass is 198 g/mol. The van der Waals surface area contributed by atoms with Crippen LogP contribution in [0.15, 0.2) is 18.2 Å². The maximum Gasteiger partial charge on any atom is 0.141 e. The highest BCUT2D eigenvalue weighted by atomic mass is 16.3. The first-order chi connectivity index (χ1) is 7.13. The number of rotatable bonds is 0. The van der Waals surface area contributed by atoms with Crippen LogP contribution in [0, 0.1) is 25.2 Å². The van der Waals surface area contributed by atoms with Crippen molar-refractivity contribution in [2.24, 2.45) is 0 Å². The van der Waals surface area contributed by atoms with Crippen molar-refractivity contribution in [3.63, 3.8) is 0 Å². The van der Waals surface area contributed by atoms with Crippen LogP contribution in [0.5, 0.6) is 5.75 Å². The summed E-state index contributed by atoms with van der Waals surface area (Å²) in [5.74, 6) is 0.121. The molecule has 0 spiro atoms. The fourth-order valence-electron chi connectivity index (χ4n) is 1.78. The van der Waals surface area contributed by atoms with Gasteiger partial charge >= 0.3 is 0 Å². The Labute approximate surface area is 87.6 Å². The third-order valence-corrected chi connectivity index (χ3v) is 2.38. The van der Waals surface area contributed by atoms with Gasteiger partial charge in [0.05, 0.1) is 11.6 Å². The van der Waals surface area contributed by atoms with Crippen molar-refractivity contribution in [2.75, 3.05) is 0 Å². The Morgan fingerprint density at radius 1 is 1.33 bits per heavy atom. The van der Waals surface area contributed by atoms with E-state index in [0.717, 1.165) is 16.6 Å². The molecular weight excluding hydrogens is 188 g/mol. The van der Waals surface area contributed by atoms with Gasteiger partial charge in [0.15, 0.2) is 0 Å². The van der Waals surface area contributed by atoms with Crippen LogP contribution in [0.3, 0.4) is 0 Å². The number of hydrogen-bond acceptors (Lipinski definition) is 3. The molecule has 0 radical (unpaired) electrons. The summed E-state index contributed by atoms with van der Waals surface area (Å²) in [6.07, 6.45) is 0. The van der Waals surface area contributed by atoms with E-state index in [4.69, 9.17) is 5.26 Å². The van der Waals surface area contributed by atoms with Gasteiger partial charge in [-0.25, -0.2) is 4.98 Å². The molecule has 2 aromatic rings. The number of aryl methyl sites for hydroxylation is 2.